The molecule has 0 aromatic rings. The van der Waals surface area contributed by atoms with Crippen molar-refractivity contribution in [3.8, 4) is 0 Å². The van der Waals surface area contributed by atoms with Crippen LogP contribution < -0.4 is 70.6 Å². The molecule has 15 heavy (non-hydrogen) atoms. The average molecular weight is 262 g/mol. The molecule has 0 aliphatic rings. The SMILES string of the molecule is Cl.NCC(=O)OC(=O)OC(=O)CN.[H+].[H-].[H-].[Na+].[Na+]. The molecule has 0 spiro atoms. The molecular formula is C5H12ClN2Na2O5+. The van der Waals surface area contributed by atoms with Crippen molar-refractivity contribution in [2.75, 3.05) is 13.1 Å². The van der Waals surface area contributed by atoms with Crippen molar-refractivity contribution in [1.82, 2.24) is 0 Å². The number of halogens is 1. The third-order valence-corrected chi connectivity index (χ3v) is 0.728. The summed E-state index contributed by atoms with van der Waals surface area (Å²) < 4.78 is 7.74. The monoisotopic (exact) mass is 261 g/mol. The van der Waals surface area contributed by atoms with Crippen LogP contribution in [0.25, 0.3) is 0 Å². The maximum atomic E-state index is 10.4. The van der Waals surface area contributed by atoms with Gasteiger partial charge < -0.3 is 23.8 Å². The molecule has 0 unspecified atom stereocenters. The molecule has 4 N–H and O–H groups in total. The molecule has 7 nitrogen and oxygen atoms in total. The Hall–Kier alpha value is 0.820. The van der Waals surface area contributed by atoms with E-state index in [1.807, 2.05) is 0 Å². The summed E-state index contributed by atoms with van der Waals surface area (Å²) in [7, 11) is 0. The fourth-order valence-electron chi connectivity index (χ4n) is 0.290. The summed E-state index contributed by atoms with van der Waals surface area (Å²) in [5.41, 5.74) is 9.58. The molecule has 0 aliphatic heterocycles. The van der Waals surface area contributed by atoms with Gasteiger partial charge in [0.2, 0.25) is 0 Å². The number of esters is 2. The first-order chi connectivity index (χ1) is 5.60. The van der Waals surface area contributed by atoms with Crippen LogP contribution in [-0.2, 0) is 19.1 Å². The Morgan fingerprint density at radius 2 is 1.27 bits per heavy atom. The molecule has 0 amide bonds. The average Bonchev–Trinajstić information content (AvgIpc) is 2.03. The van der Waals surface area contributed by atoms with Crippen molar-refractivity contribution in [2.45, 2.75) is 0 Å². The second kappa shape index (κ2) is 14.8. The summed E-state index contributed by atoms with van der Waals surface area (Å²) in [6, 6.07) is 0. The van der Waals surface area contributed by atoms with Gasteiger partial charge in [0.15, 0.2) is 0 Å². The van der Waals surface area contributed by atoms with Crippen molar-refractivity contribution >= 4 is 30.5 Å². The van der Waals surface area contributed by atoms with Crippen molar-refractivity contribution in [2.24, 2.45) is 11.5 Å². The molecule has 0 atom stereocenters. The van der Waals surface area contributed by atoms with Crippen LogP contribution in [0.2, 0.25) is 0 Å². The van der Waals surface area contributed by atoms with Gasteiger partial charge in [0, 0.05) is 0 Å². The Balaban J connectivity index is -0.0000000403. The zero-order valence-electron chi connectivity index (χ0n) is 11.5. The quantitative estimate of drug-likeness (QED) is 0.288. The van der Waals surface area contributed by atoms with Crippen molar-refractivity contribution < 1.29 is 87.3 Å². The van der Waals surface area contributed by atoms with Crippen molar-refractivity contribution in [3.05, 3.63) is 0 Å². The summed E-state index contributed by atoms with van der Waals surface area (Å²) in [5, 5.41) is 0. The Kier molecular flexibility index (Phi) is 24.6. The number of hydrogen-bond acceptors (Lipinski definition) is 7. The van der Waals surface area contributed by atoms with Crippen molar-refractivity contribution in [3.63, 3.8) is 0 Å². The van der Waals surface area contributed by atoms with Crippen LogP contribution in [0.3, 0.4) is 0 Å². The number of nitrogens with two attached hydrogens (primary N) is 2. The zero-order valence-corrected chi connectivity index (χ0v) is 13.3. The van der Waals surface area contributed by atoms with Gasteiger partial charge in [-0.2, -0.15) is 0 Å². The van der Waals surface area contributed by atoms with Crippen LogP contribution in [0.5, 0.6) is 0 Å². The van der Waals surface area contributed by atoms with Gasteiger partial charge in [-0.3, -0.25) is 9.59 Å². The number of carbonyl (C=O) groups is 3. The molecule has 0 radical (unpaired) electrons. The minimum Gasteiger partial charge on any atom is -1.00 e. The van der Waals surface area contributed by atoms with E-state index >= 15 is 0 Å². The van der Waals surface area contributed by atoms with Crippen LogP contribution >= 0.6 is 12.4 Å². The fraction of sp³-hybridized carbons (Fsp3) is 0.400. The maximum Gasteiger partial charge on any atom is 1.00 e. The summed E-state index contributed by atoms with van der Waals surface area (Å²) in [6.07, 6.45) is -1.42. The van der Waals surface area contributed by atoms with Crippen LogP contribution in [-0.4, -0.2) is 31.2 Å². The van der Waals surface area contributed by atoms with Gasteiger partial charge in [-0.05, 0) is 0 Å². The largest absolute Gasteiger partial charge is 1.00 e. The molecule has 0 bridgehead atoms. The first-order valence-corrected chi connectivity index (χ1v) is 2.95. The molecule has 0 aromatic carbocycles. The van der Waals surface area contributed by atoms with E-state index in [0.29, 0.717) is 0 Å². The molecule has 0 heterocycles. The first-order valence-electron chi connectivity index (χ1n) is 2.95. The summed E-state index contributed by atoms with van der Waals surface area (Å²) in [4.78, 5) is 31.0. The standard InChI is InChI=1S/C5H8N2O5.ClH.2Na.2H/c6-1-3(8)11-5(10)12-4(9)2-7;;;;;/h1-2,6-7H2;1H;;;;/q;;2*+1;2*-1/p+1. The van der Waals surface area contributed by atoms with Crippen molar-refractivity contribution in [1.29, 1.82) is 0 Å². The number of ether oxygens (including phenoxy) is 2. The van der Waals surface area contributed by atoms with E-state index in [9.17, 15) is 14.4 Å². The molecule has 0 rings (SSSR count). The summed E-state index contributed by atoms with van der Waals surface area (Å²) >= 11 is 0. The molecule has 0 saturated heterocycles. The Bertz CT molecular complexity index is 207. The molecule has 10 heteroatoms. The van der Waals surface area contributed by atoms with E-state index < -0.39 is 31.2 Å². The summed E-state index contributed by atoms with van der Waals surface area (Å²) in [6.45, 7) is -0.933. The van der Waals surface area contributed by atoms with Gasteiger partial charge in [0.1, 0.15) is 0 Å². The molecule has 0 fully saturated rings. The molecular weight excluding hydrogens is 249 g/mol. The number of hydrogen-bond donors (Lipinski definition) is 2. The Labute approximate surface area is 141 Å². The van der Waals surface area contributed by atoms with Gasteiger partial charge in [-0.15, -0.1) is 12.4 Å². The smallest absolute Gasteiger partial charge is 1.00 e. The van der Waals surface area contributed by atoms with Gasteiger partial charge in [0.05, 0.1) is 13.1 Å². The predicted molar refractivity (Wildman–Crippen MR) is 46.3 cm³/mol. The first kappa shape index (κ1) is 24.9. The predicted octanol–water partition coefficient (Wildman–Crippen LogP) is -7.12. The molecule has 0 saturated carbocycles. The van der Waals surface area contributed by atoms with E-state index in [1.165, 1.54) is 0 Å². The van der Waals surface area contributed by atoms with E-state index in [2.05, 4.69) is 9.47 Å². The topological polar surface area (TPSA) is 122 Å². The molecule has 0 aliphatic carbocycles. The van der Waals surface area contributed by atoms with Gasteiger partial charge >= 0.3 is 78.6 Å². The number of rotatable bonds is 2. The van der Waals surface area contributed by atoms with Crippen LogP contribution in [0.1, 0.15) is 4.28 Å². The van der Waals surface area contributed by atoms with E-state index in [-0.39, 0.29) is 75.8 Å². The fourth-order valence-corrected chi connectivity index (χ4v) is 0.290. The van der Waals surface area contributed by atoms with Crippen LogP contribution in [0.4, 0.5) is 4.79 Å². The second-order valence-corrected chi connectivity index (χ2v) is 1.61. The van der Waals surface area contributed by atoms with Gasteiger partial charge in [0.25, 0.3) is 0 Å². The minimum atomic E-state index is -1.42. The van der Waals surface area contributed by atoms with E-state index in [0.717, 1.165) is 0 Å². The molecule has 80 valence electrons. The third-order valence-electron chi connectivity index (χ3n) is 0.728. The Morgan fingerprint density at radius 1 is 1.00 bits per heavy atom. The normalized spacial score (nSPS) is 7.07. The van der Waals surface area contributed by atoms with E-state index in [1.54, 1.807) is 0 Å². The Morgan fingerprint density at radius 3 is 1.47 bits per heavy atom. The number of carbonyl (C=O) groups excluding carboxylic acids is 3. The van der Waals surface area contributed by atoms with Crippen LogP contribution in [0, 0.1) is 0 Å². The zero-order chi connectivity index (χ0) is 9.56. The third kappa shape index (κ3) is 14.8. The van der Waals surface area contributed by atoms with Crippen LogP contribution in [0.15, 0.2) is 0 Å². The minimum absolute atomic E-state index is 0. The van der Waals surface area contributed by atoms with E-state index in [4.69, 9.17) is 11.5 Å². The maximum absolute atomic E-state index is 10.4. The second-order valence-electron chi connectivity index (χ2n) is 1.61. The summed E-state index contributed by atoms with van der Waals surface area (Å²) in [5.74, 6) is -1.96. The molecule has 0 aromatic heterocycles. The van der Waals surface area contributed by atoms with Gasteiger partial charge in [-0.1, -0.05) is 0 Å². The van der Waals surface area contributed by atoms with Gasteiger partial charge in [-0.25, -0.2) is 4.79 Å².